The van der Waals surface area contributed by atoms with Gasteiger partial charge in [0, 0.05) is 24.1 Å². The highest BCUT2D eigenvalue weighted by molar-refractivity contribution is 5.66. The van der Waals surface area contributed by atoms with E-state index in [1.807, 2.05) is 12.1 Å². The van der Waals surface area contributed by atoms with Crippen LogP contribution in [0.15, 0.2) is 24.3 Å². The van der Waals surface area contributed by atoms with Crippen molar-refractivity contribution in [2.45, 2.75) is 57.5 Å². The predicted octanol–water partition coefficient (Wildman–Crippen LogP) is 4.00. The standard InChI is InChI=1S/C17H24FNO2/c1-2-16(14-8-3-4-9-15(14)18)19-12-6-5-7-13(19)10-11-17(20)21/h3-4,8-9,13,16H,2,5-7,10-12H2,1H3,(H,20,21). The normalized spacial score (nSPS) is 21.1. The number of likely N-dealkylation sites (tertiary alicyclic amines) is 1. The van der Waals surface area contributed by atoms with E-state index in [1.165, 1.54) is 6.07 Å². The number of rotatable bonds is 6. The summed E-state index contributed by atoms with van der Waals surface area (Å²) in [4.78, 5) is 13.2. The lowest BCUT2D eigenvalue weighted by molar-refractivity contribution is -0.137. The predicted molar refractivity (Wildman–Crippen MR) is 80.6 cm³/mol. The van der Waals surface area contributed by atoms with Gasteiger partial charge in [-0.25, -0.2) is 4.39 Å². The second-order valence-electron chi connectivity index (χ2n) is 5.77. The molecule has 3 nitrogen and oxygen atoms in total. The third-order valence-electron chi connectivity index (χ3n) is 4.42. The third kappa shape index (κ3) is 4.03. The number of hydrogen-bond donors (Lipinski definition) is 1. The number of carboxylic acid groups (broad SMARTS) is 1. The third-order valence-corrected chi connectivity index (χ3v) is 4.42. The van der Waals surface area contributed by atoms with Crippen LogP contribution in [0, 0.1) is 5.82 Å². The molecule has 2 atom stereocenters. The summed E-state index contributed by atoms with van der Waals surface area (Å²) in [7, 11) is 0. The van der Waals surface area contributed by atoms with Gasteiger partial charge in [0.1, 0.15) is 5.82 Å². The second kappa shape index (κ2) is 7.55. The molecule has 1 aromatic carbocycles. The quantitative estimate of drug-likeness (QED) is 0.862. The van der Waals surface area contributed by atoms with E-state index in [2.05, 4.69) is 11.8 Å². The Hall–Kier alpha value is -1.42. The molecule has 1 N–H and O–H groups in total. The van der Waals surface area contributed by atoms with E-state index in [1.54, 1.807) is 6.07 Å². The maximum atomic E-state index is 14.1. The maximum absolute atomic E-state index is 14.1. The van der Waals surface area contributed by atoms with E-state index in [0.29, 0.717) is 6.42 Å². The number of halogens is 1. The lowest BCUT2D eigenvalue weighted by atomic mass is 9.92. The lowest BCUT2D eigenvalue weighted by Gasteiger charge is -2.41. The second-order valence-corrected chi connectivity index (χ2v) is 5.77. The van der Waals surface area contributed by atoms with Crippen molar-refractivity contribution in [1.29, 1.82) is 0 Å². The van der Waals surface area contributed by atoms with Crippen LogP contribution in [0.4, 0.5) is 4.39 Å². The van der Waals surface area contributed by atoms with Crippen LogP contribution in [0.25, 0.3) is 0 Å². The van der Waals surface area contributed by atoms with E-state index in [9.17, 15) is 9.18 Å². The Morgan fingerprint density at radius 2 is 2.19 bits per heavy atom. The smallest absolute Gasteiger partial charge is 0.303 e. The number of aliphatic carboxylic acids is 1. The summed E-state index contributed by atoms with van der Waals surface area (Å²) in [5, 5.41) is 8.91. The first-order valence-corrected chi connectivity index (χ1v) is 7.85. The van der Waals surface area contributed by atoms with Gasteiger partial charge in [-0.2, -0.15) is 0 Å². The number of benzene rings is 1. The highest BCUT2D eigenvalue weighted by Gasteiger charge is 2.30. The Labute approximate surface area is 125 Å². The van der Waals surface area contributed by atoms with Crippen molar-refractivity contribution in [3.05, 3.63) is 35.6 Å². The summed E-state index contributed by atoms with van der Waals surface area (Å²) in [6.07, 6.45) is 4.93. The minimum Gasteiger partial charge on any atom is -0.481 e. The molecule has 4 heteroatoms. The number of piperidine rings is 1. The molecule has 0 aromatic heterocycles. The van der Waals surface area contributed by atoms with E-state index in [0.717, 1.165) is 37.8 Å². The van der Waals surface area contributed by atoms with Crippen LogP contribution in [-0.4, -0.2) is 28.6 Å². The van der Waals surface area contributed by atoms with Gasteiger partial charge >= 0.3 is 5.97 Å². The minimum absolute atomic E-state index is 0.0466. The molecule has 0 bridgehead atoms. The SMILES string of the molecule is CCC(c1ccccc1F)N1CCCCC1CCC(=O)O. The molecular formula is C17H24FNO2. The molecule has 21 heavy (non-hydrogen) atoms. The molecule has 2 rings (SSSR count). The first-order chi connectivity index (χ1) is 10.1. The molecule has 1 aromatic rings. The van der Waals surface area contributed by atoms with Crippen molar-refractivity contribution < 1.29 is 14.3 Å². The van der Waals surface area contributed by atoms with Crippen LogP contribution in [0.3, 0.4) is 0 Å². The fourth-order valence-corrected chi connectivity index (χ4v) is 3.41. The molecule has 1 aliphatic rings. The Morgan fingerprint density at radius 3 is 2.86 bits per heavy atom. The molecule has 116 valence electrons. The molecule has 0 radical (unpaired) electrons. The first-order valence-electron chi connectivity index (χ1n) is 7.85. The summed E-state index contributed by atoms with van der Waals surface area (Å²) in [5.74, 6) is -0.911. The lowest BCUT2D eigenvalue weighted by Crippen LogP contribution is -2.42. The molecule has 2 unspecified atom stereocenters. The molecule has 0 aliphatic carbocycles. The van der Waals surface area contributed by atoms with Gasteiger partial charge in [0.05, 0.1) is 0 Å². The van der Waals surface area contributed by atoms with Crippen LogP contribution in [-0.2, 0) is 4.79 Å². The fourth-order valence-electron chi connectivity index (χ4n) is 3.41. The van der Waals surface area contributed by atoms with Gasteiger partial charge in [-0.3, -0.25) is 9.69 Å². The Bertz CT molecular complexity index is 478. The number of nitrogens with zero attached hydrogens (tertiary/aromatic N) is 1. The van der Waals surface area contributed by atoms with Gasteiger partial charge in [-0.1, -0.05) is 31.5 Å². The van der Waals surface area contributed by atoms with Crippen LogP contribution in [0.1, 0.15) is 57.1 Å². The zero-order chi connectivity index (χ0) is 15.2. The molecule has 1 aliphatic heterocycles. The maximum Gasteiger partial charge on any atom is 0.303 e. The van der Waals surface area contributed by atoms with Crippen molar-refractivity contribution in [2.24, 2.45) is 0 Å². The minimum atomic E-state index is -0.750. The fraction of sp³-hybridized carbons (Fsp3) is 0.588. The van der Waals surface area contributed by atoms with Gasteiger partial charge < -0.3 is 5.11 Å². The molecule has 0 spiro atoms. The monoisotopic (exact) mass is 293 g/mol. The zero-order valence-electron chi connectivity index (χ0n) is 12.6. The highest BCUT2D eigenvalue weighted by atomic mass is 19.1. The van der Waals surface area contributed by atoms with E-state index < -0.39 is 5.97 Å². The largest absolute Gasteiger partial charge is 0.481 e. The van der Waals surface area contributed by atoms with Crippen molar-refractivity contribution in [2.75, 3.05) is 6.54 Å². The first kappa shape index (κ1) is 16.0. The molecule has 0 saturated carbocycles. The number of carbonyl (C=O) groups is 1. The number of carboxylic acids is 1. The molecule has 1 heterocycles. The van der Waals surface area contributed by atoms with Crippen LogP contribution in [0.2, 0.25) is 0 Å². The van der Waals surface area contributed by atoms with E-state index >= 15 is 0 Å². The average molecular weight is 293 g/mol. The molecule has 1 fully saturated rings. The van der Waals surface area contributed by atoms with Gasteiger partial charge in [0.25, 0.3) is 0 Å². The Balaban J connectivity index is 2.17. The highest BCUT2D eigenvalue weighted by Crippen LogP contribution is 2.33. The summed E-state index contributed by atoms with van der Waals surface area (Å²) >= 11 is 0. The summed E-state index contributed by atoms with van der Waals surface area (Å²) in [6, 6.07) is 7.24. The van der Waals surface area contributed by atoms with Crippen LogP contribution < -0.4 is 0 Å². The van der Waals surface area contributed by atoms with Crippen molar-refractivity contribution in [3.8, 4) is 0 Å². The van der Waals surface area contributed by atoms with Gasteiger partial charge in [-0.15, -0.1) is 0 Å². The van der Waals surface area contributed by atoms with Gasteiger partial charge in [0.2, 0.25) is 0 Å². The van der Waals surface area contributed by atoms with E-state index in [4.69, 9.17) is 5.11 Å². The Kier molecular flexibility index (Phi) is 5.74. The van der Waals surface area contributed by atoms with Crippen molar-refractivity contribution in [3.63, 3.8) is 0 Å². The Morgan fingerprint density at radius 1 is 1.43 bits per heavy atom. The van der Waals surface area contributed by atoms with Crippen molar-refractivity contribution in [1.82, 2.24) is 4.90 Å². The van der Waals surface area contributed by atoms with E-state index in [-0.39, 0.29) is 24.3 Å². The van der Waals surface area contributed by atoms with Crippen LogP contribution in [0.5, 0.6) is 0 Å². The average Bonchev–Trinajstić information content (AvgIpc) is 2.49. The summed E-state index contributed by atoms with van der Waals surface area (Å²) < 4.78 is 14.1. The summed E-state index contributed by atoms with van der Waals surface area (Å²) in [6.45, 7) is 3.00. The van der Waals surface area contributed by atoms with Crippen LogP contribution >= 0.6 is 0 Å². The molecule has 1 saturated heterocycles. The molecule has 0 amide bonds. The topological polar surface area (TPSA) is 40.5 Å². The van der Waals surface area contributed by atoms with Gasteiger partial charge in [-0.05, 0) is 38.3 Å². The van der Waals surface area contributed by atoms with Gasteiger partial charge in [0.15, 0.2) is 0 Å². The summed E-state index contributed by atoms with van der Waals surface area (Å²) in [5.41, 5.74) is 0.738. The van der Waals surface area contributed by atoms with Crippen molar-refractivity contribution >= 4 is 5.97 Å². The number of hydrogen-bond acceptors (Lipinski definition) is 2. The zero-order valence-corrected chi connectivity index (χ0v) is 12.6. The molecular weight excluding hydrogens is 269 g/mol.